The smallest absolute Gasteiger partial charge is 0.329 e. The minimum Gasteiger partial charge on any atom is -0.480 e. The van der Waals surface area contributed by atoms with Gasteiger partial charge in [-0.15, -0.1) is 0 Å². The van der Waals surface area contributed by atoms with Crippen molar-refractivity contribution in [3.8, 4) is 0 Å². The van der Waals surface area contributed by atoms with Crippen LogP contribution in [0.15, 0.2) is 12.4 Å². The molecule has 0 fully saturated rings. The number of carboxylic acid groups (broad SMARTS) is 1. The average molecular weight is 282 g/mol. The van der Waals surface area contributed by atoms with Gasteiger partial charge in [0.05, 0.1) is 0 Å². The van der Waals surface area contributed by atoms with E-state index in [0.717, 1.165) is 18.7 Å². The summed E-state index contributed by atoms with van der Waals surface area (Å²) >= 11 is 0. The molecule has 0 aromatic carbocycles. The number of hydrogen-bond acceptors (Lipinski definition) is 3. The van der Waals surface area contributed by atoms with Crippen LogP contribution in [0, 0.1) is 0 Å². The van der Waals surface area contributed by atoms with Gasteiger partial charge in [0.25, 0.3) is 0 Å². The highest BCUT2D eigenvalue weighted by Gasteiger charge is 2.36. The average Bonchev–Trinajstić information content (AvgIpc) is 2.88. The fraction of sp³-hybridized carbons (Fsp3) is 0.615. The van der Waals surface area contributed by atoms with E-state index in [4.69, 9.17) is 5.11 Å². The number of carbonyl (C=O) groups is 2. The summed E-state index contributed by atoms with van der Waals surface area (Å²) in [5, 5.41) is 11.9. The summed E-state index contributed by atoms with van der Waals surface area (Å²) in [5.41, 5.74) is -1.22. The first-order chi connectivity index (χ1) is 9.39. The number of H-pyrrole nitrogens is 1. The highest BCUT2D eigenvalue weighted by atomic mass is 16.4. The third-order valence-electron chi connectivity index (χ3n) is 3.18. The van der Waals surface area contributed by atoms with Gasteiger partial charge in [0.2, 0.25) is 0 Å². The van der Waals surface area contributed by atoms with Crippen molar-refractivity contribution in [1.82, 2.24) is 20.2 Å². The van der Waals surface area contributed by atoms with Crippen molar-refractivity contribution in [1.29, 1.82) is 0 Å². The zero-order valence-electron chi connectivity index (χ0n) is 12.1. The molecule has 3 N–H and O–H groups in total. The maximum absolute atomic E-state index is 12.0. The lowest BCUT2D eigenvalue weighted by Crippen LogP contribution is -2.56. The Morgan fingerprint density at radius 1 is 1.50 bits per heavy atom. The second-order valence-electron chi connectivity index (χ2n) is 4.98. The number of likely N-dealkylation sites (N-methyl/N-ethyl adjacent to an activating group) is 1. The molecule has 0 atom stereocenters. The zero-order valence-corrected chi connectivity index (χ0v) is 12.1. The topological polar surface area (TPSA) is 98.3 Å². The summed E-state index contributed by atoms with van der Waals surface area (Å²) in [7, 11) is 0. The molecule has 0 spiro atoms. The summed E-state index contributed by atoms with van der Waals surface area (Å²) in [6.45, 7) is 5.60. The van der Waals surface area contributed by atoms with Gasteiger partial charge >= 0.3 is 12.0 Å². The number of aryl methyl sites for hydroxylation is 1. The van der Waals surface area contributed by atoms with Crippen LogP contribution in [0.1, 0.15) is 33.0 Å². The van der Waals surface area contributed by atoms with E-state index in [2.05, 4.69) is 15.3 Å². The van der Waals surface area contributed by atoms with Gasteiger partial charge in [0.1, 0.15) is 11.4 Å². The van der Waals surface area contributed by atoms with E-state index in [1.807, 2.05) is 0 Å². The van der Waals surface area contributed by atoms with Crippen LogP contribution in [0.3, 0.4) is 0 Å². The third kappa shape index (κ3) is 3.97. The number of nitrogens with zero attached hydrogens (tertiary/aromatic N) is 2. The van der Waals surface area contributed by atoms with Gasteiger partial charge in [-0.3, -0.25) is 0 Å². The van der Waals surface area contributed by atoms with Gasteiger partial charge in [-0.05, 0) is 27.2 Å². The summed E-state index contributed by atoms with van der Waals surface area (Å²) in [5.74, 6) is -0.150. The van der Waals surface area contributed by atoms with E-state index < -0.39 is 11.5 Å². The Balaban J connectivity index is 2.42. The highest BCUT2D eigenvalue weighted by Crippen LogP contribution is 2.14. The fourth-order valence-electron chi connectivity index (χ4n) is 1.89. The number of amides is 2. The monoisotopic (exact) mass is 282 g/mol. The molecule has 2 amide bonds. The lowest BCUT2D eigenvalue weighted by Gasteiger charge is -2.34. The molecule has 0 aliphatic carbocycles. The quantitative estimate of drug-likeness (QED) is 0.655. The number of carbonyl (C=O) groups excluding carboxylic acids is 1. The van der Waals surface area contributed by atoms with Gasteiger partial charge in [-0.25, -0.2) is 14.6 Å². The van der Waals surface area contributed by atoms with Crippen molar-refractivity contribution in [2.45, 2.75) is 39.2 Å². The largest absolute Gasteiger partial charge is 0.480 e. The fourth-order valence-corrected chi connectivity index (χ4v) is 1.89. The first-order valence-corrected chi connectivity index (χ1v) is 6.66. The molecule has 0 aliphatic heterocycles. The number of rotatable bonds is 7. The molecule has 0 radical (unpaired) electrons. The molecular weight excluding hydrogens is 260 g/mol. The molecule has 112 valence electrons. The number of nitrogens with one attached hydrogen (secondary N) is 2. The minimum atomic E-state index is -1.22. The Morgan fingerprint density at radius 3 is 2.70 bits per heavy atom. The van der Waals surface area contributed by atoms with Crippen molar-refractivity contribution < 1.29 is 14.7 Å². The summed E-state index contributed by atoms with van der Waals surface area (Å²) in [4.78, 5) is 31.6. The first-order valence-electron chi connectivity index (χ1n) is 6.66. The van der Waals surface area contributed by atoms with Crippen molar-refractivity contribution in [2.75, 3.05) is 13.1 Å². The molecule has 0 unspecified atom stereocenters. The predicted octanol–water partition coefficient (Wildman–Crippen LogP) is 1.24. The summed E-state index contributed by atoms with van der Waals surface area (Å²) < 4.78 is 0. The number of aromatic nitrogens is 2. The van der Waals surface area contributed by atoms with Gasteiger partial charge in [-0.2, -0.15) is 0 Å². The van der Waals surface area contributed by atoms with Crippen molar-refractivity contribution in [3.05, 3.63) is 18.2 Å². The van der Waals surface area contributed by atoms with Gasteiger partial charge in [-0.1, -0.05) is 0 Å². The SMILES string of the molecule is CCN(C(=O)NCCCc1ncc[nH]1)C(C)(C)C(=O)O. The van der Waals surface area contributed by atoms with Crippen LogP contribution < -0.4 is 5.32 Å². The number of carboxylic acids is 1. The van der Waals surface area contributed by atoms with Crippen LogP contribution in [-0.4, -0.2) is 50.6 Å². The molecule has 0 saturated heterocycles. The molecular formula is C13H22N4O3. The Kier molecular flexibility index (Phi) is 5.54. The minimum absolute atomic E-state index is 0.337. The third-order valence-corrected chi connectivity index (χ3v) is 3.18. The molecule has 1 aromatic heterocycles. The molecule has 20 heavy (non-hydrogen) atoms. The number of aliphatic carboxylic acids is 1. The second kappa shape index (κ2) is 6.93. The molecule has 0 saturated carbocycles. The van der Waals surface area contributed by atoms with E-state index >= 15 is 0 Å². The van der Waals surface area contributed by atoms with E-state index in [1.54, 1.807) is 19.3 Å². The van der Waals surface area contributed by atoms with E-state index in [1.165, 1.54) is 18.7 Å². The lowest BCUT2D eigenvalue weighted by molar-refractivity contribution is -0.147. The number of imidazole rings is 1. The first kappa shape index (κ1) is 16.0. The molecule has 0 bridgehead atoms. The molecule has 7 nitrogen and oxygen atoms in total. The second-order valence-corrected chi connectivity index (χ2v) is 4.98. The molecule has 7 heteroatoms. The predicted molar refractivity (Wildman–Crippen MR) is 74.4 cm³/mol. The molecule has 0 aliphatic rings. The number of urea groups is 1. The maximum atomic E-state index is 12.0. The van der Waals surface area contributed by atoms with Crippen LogP contribution in [0.5, 0.6) is 0 Å². The van der Waals surface area contributed by atoms with E-state index in [9.17, 15) is 9.59 Å². The number of aromatic amines is 1. The van der Waals surface area contributed by atoms with Crippen LogP contribution >= 0.6 is 0 Å². The normalized spacial score (nSPS) is 11.2. The standard InChI is InChI=1S/C13H22N4O3/c1-4-17(13(2,3)11(18)19)12(20)16-7-5-6-10-14-8-9-15-10/h8-9H,4-7H2,1-3H3,(H,14,15)(H,16,20)(H,18,19). The molecule has 1 rings (SSSR count). The number of hydrogen-bond donors (Lipinski definition) is 3. The Bertz CT molecular complexity index is 442. The highest BCUT2D eigenvalue weighted by molar-refractivity contribution is 5.85. The van der Waals surface area contributed by atoms with Crippen molar-refractivity contribution in [3.63, 3.8) is 0 Å². The van der Waals surface area contributed by atoms with Crippen LogP contribution in [0.25, 0.3) is 0 Å². The van der Waals surface area contributed by atoms with Crippen LogP contribution in [0.4, 0.5) is 4.79 Å². The van der Waals surface area contributed by atoms with Crippen LogP contribution in [-0.2, 0) is 11.2 Å². The summed E-state index contributed by atoms with van der Waals surface area (Å²) in [6, 6.07) is -0.362. The Morgan fingerprint density at radius 2 is 2.20 bits per heavy atom. The van der Waals surface area contributed by atoms with Crippen LogP contribution in [0.2, 0.25) is 0 Å². The summed E-state index contributed by atoms with van der Waals surface area (Å²) in [6.07, 6.45) is 4.91. The van der Waals surface area contributed by atoms with Gasteiger partial charge in [0, 0.05) is 31.9 Å². The lowest BCUT2D eigenvalue weighted by atomic mass is 10.0. The Hall–Kier alpha value is -2.05. The van der Waals surface area contributed by atoms with Crippen molar-refractivity contribution >= 4 is 12.0 Å². The molecule has 1 heterocycles. The zero-order chi connectivity index (χ0) is 15.2. The van der Waals surface area contributed by atoms with E-state index in [-0.39, 0.29) is 6.03 Å². The Labute approximate surface area is 118 Å². The maximum Gasteiger partial charge on any atom is 0.329 e. The van der Waals surface area contributed by atoms with Gasteiger partial charge in [0.15, 0.2) is 0 Å². The van der Waals surface area contributed by atoms with E-state index in [0.29, 0.717) is 13.1 Å². The van der Waals surface area contributed by atoms with Gasteiger partial charge < -0.3 is 20.3 Å². The van der Waals surface area contributed by atoms with Crippen molar-refractivity contribution in [2.24, 2.45) is 0 Å². The molecule has 1 aromatic rings.